The number of aliphatic carboxylic acids is 1. The summed E-state index contributed by atoms with van der Waals surface area (Å²) < 4.78 is 1.67. The predicted octanol–water partition coefficient (Wildman–Crippen LogP) is 3.37. The van der Waals surface area contributed by atoms with Gasteiger partial charge in [0.15, 0.2) is 5.82 Å². The lowest BCUT2D eigenvalue weighted by atomic mass is 10.2. The molecule has 0 spiro atoms. The summed E-state index contributed by atoms with van der Waals surface area (Å²) in [6, 6.07) is 13.4. The maximum absolute atomic E-state index is 12.4. The molecular weight excluding hydrogens is 364 g/mol. The number of nitrogens with zero attached hydrogens (tertiary/aromatic N) is 3. The first kappa shape index (κ1) is 18.8. The summed E-state index contributed by atoms with van der Waals surface area (Å²) in [4.78, 5) is 28.3. The van der Waals surface area contributed by atoms with E-state index in [1.165, 1.54) is 11.3 Å². The molecule has 1 amide bonds. The normalized spacial score (nSPS) is 10.7. The minimum Gasteiger partial charge on any atom is -0.481 e. The van der Waals surface area contributed by atoms with Crippen molar-refractivity contribution in [2.24, 2.45) is 0 Å². The van der Waals surface area contributed by atoms with Gasteiger partial charge in [-0.05, 0) is 36.4 Å². The molecule has 0 radical (unpaired) electrons. The molecule has 3 rings (SSSR count). The zero-order valence-electron chi connectivity index (χ0n) is 14.7. The quantitative estimate of drug-likeness (QED) is 0.551. The second-order valence-corrected chi connectivity index (χ2v) is 6.89. The SMILES string of the molecule is O=C(O)CCCCCNC(=O)c1nc(-c2cccs2)n(-c2ccccc2)n1. The summed E-state index contributed by atoms with van der Waals surface area (Å²) in [6.45, 7) is 0.465. The van der Waals surface area contributed by atoms with Gasteiger partial charge in [0.05, 0.1) is 10.6 Å². The number of unbranched alkanes of at least 4 members (excludes halogenated alkanes) is 2. The third-order valence-electron chi connectivity index (χ3n) is 3.91. The van der Waals surface area contributed by atoms with Gasteiger partial charge in [0.1, 0.15) is 0 Å². The van der Waals surface area contributed by atoms with E-state index in [-0.39, 0.29) is 18.2 Å². The average molecular weight is 384 g/mol. The van der Waals surface area contributed by atoms with Crippen LogP contribution in [0.25, 0.3) is 16.4 Å². The number of carbonyl (C=O) groups is 2. The van der Waals surface area contributed by atoms with Crippen LogP contribution in [0.4, 0.5) is 0 Å². The van der Waals surface area contributed by atoms with Gasteiger partial charge in [0, 0.05) is 13.0 Å². The van der Waals surface area contributed by atoms with Crippen LogP contribution >= 0.6 is 11.3 Å². The van der Waals surface area contributed by atoms with Crippen LogP contribution in [0.15, 0.2) is 47.8 Å². The van der Waals surface area contributed by atoms with E-state index in [0.717, 1.165) is 23.4 Å². The number of nitrogens with one attached hydrogen (secondary N) is 1. The number of thiophene rings is 1. The van der Waals surface area contributed by atoms with Gasteiger partial charge in [-0.15, -0.1) is 16.4 Å². The van der Waals surface area contributed by atoms with Crippen LogP contribution in [0.5, 0.6) is 0 Å². The molecule has 1 aromatic carbocycles. The first-order valence-electron chi connectivity index (χ1n) is 8.71. The number of aromatic nitrogens is 3. The van der Waals surface area contributed by atoms with Crippen molar-refractivity contribution in [2.45, 2.75) is 25.7 Å². The lowest BCUT2D eigenvalue weighted by molar-refractivity contribution is -0.137. The average Bonchev–Trinajstić information content (AvgIpc) is 3.34. The second-order valence-electron chi connectivity index (χ2n) is 5.94. The predicted molar refractivity (Wildman–Crippen MR) is 103 cm³/mol. The Morgan fingerprint density at radius 1 is 1.07 bits per heavy atom. The number of carbonyl (C=O) groups excluding carboxylic acids is 1. The smallest absolute Gasteiger partial charge is 0.303 e. The summed E-state index contributed by atoms with van der Waals surface area (Å²) in [5, 5.41) is 17.8. The van der Waals surface area contributed by atoms with E-state index in [9.17, 15) is 9.59 Å². The van der Waals surface area contributed by atoms with E-state index in [1.807, 2.05) is 47.8 Å². The molecule has 0 aliphatic carbocycles. The van der Waals surface area contributed by atoms with Gasteiger partial charge in [-0.2, -0.15) is 0 Å². The third kappa shape index (κ3) is 5.01. The fourth-order valence-electron chi connectivity index (χ4n) is 2.58. The summed E-state index contributed by atoms with van der Waals surface area (Å²) in [6.07, 6.45) is 2.23. The van der Waals surface area contributed by atoms with E-state index in [0.29, 0.717) is 18.8 Å². The van der Waals surface area contributed by atoms with Gasteiger partial charge in [-0.1, -0.05) is 30.7 Å². The van der Waals surface area contributed by atoms with E-state index in [2.05, 4.69) is 15.4 Å². The topological polar surface area (TPSA) is 97.1 Å². The monoisotopic (exact) mass is 384 g/mol. The fraction of sp³-hybridized carbons (Fsp3) is 0.263. The fourth-order valence-corrected chi connectivity index (χ4v) is 3.28. The molecule has 27 heavy (non-hydrogen) atoms. The van der Waals surface area contributed by atoms with Gasteiger partial charge in [-0.3, -0.25) is 9.59 Å². The van der Waals surface area contributed by atoms with Crippen LogP contribution in [0.3, 0.4) is 0 Å². The molecule has 7 nitrogen and oxygen atoms in total. The molecule has 0 aliphatic rings. The Labute approximate surface area is 160 Å². The van der Waals surface area contributed by atoms with Gasteiger partial charge in [0.25, 0.3) is 5.91 Å². The van der Waals surface area contributed by atoms with Crippen LogP contribution in [0, 0.1) is 0 Å². The lowest BCUT2D eigenvalue weighted by Gasteiger charge is -2.03. The Kier molecular flexibility index (Phi) is 6.32. The van der Waals surface area contributed by atoms with Crippen molar-refractivity contribution in [2.75, 3.05) is 6.54 Å². The Balaban J connectivity index is 1.69. The van der Waals surface area contributed by atoms with Crippen LogP contribution in [-0.2, 0) is 4.79 Å². The Morgan fingerprint density at radius 3 is 2.59 bits per heavy atom. The molecule has 2 N–H and O–H groups in total. The molecule has 8 heteroatoms. The number of carboxylic acid groups (broad SMARTS) is 1. The van der Waals surface area contributed by atoms with Crippen molar-refractivity contribution in [3.63, 3.8) is 0 Å². The van der Waals surface area contributed by atoms with E-state index >= 15 is 0 Å². The standard InChI is InChI=1S/C19H20N4O3S/c24-16(25)11-5-2-6-12-20-19(26)17-21-18(15-10-7-13-27-15)23(22-17)14-8-3-1-4-9-14/h1,3-4,7-10,13H,2,5-6,11-12H2,(H,20,26)(H,24,25). The summed E-state index contributed by atoms with van der Waals surface area (Å²) >= 11 is 1.54. The molecule has 0 fully saturated rings. The first-order chi connectivity index (χ1) is 13.1. The van der Waals surface area contributed by atoms with Crippen molar-refractivity contribution >= 4 is 23.2 Å². The van der Waals surface area contributed by atoms with Crippen LogP contribution in [-0.4, -0.2) is 38.3 Å². The summed E-state index contributed by atoms with van der Waals surface area (Å²) in [5.74, 6) is -0.382. The number of hydrogen-bond acceptors (Lipinski definition) is 5. The number of rotatable bonds is 9. The molecule has 0 saturated carbocycles. The summed E-state index contributed by atoms with van der Waals surface area (Å²) in [5.41, 5.74) is 0.834. The van der Waals surface area contributed by atoms with Crippen LogP contribution in [0.1, 0.15) is 36.3 Å². The maximum atomic E-state index is 12.4. The molecule has 3 aromatic rings. The van der Waals surface area contributed by atoms with Gasteiger partial charge >= 0.3 is 5.97 Å². The minimum absolute atomic E-state index is 0.118. The van der Waals surface area contributed by atoms with Crippen LogP contribution in [0.2, 0.25) is 0 Å². The number of hydrogen-bond donors (Lipinski definition) is 2. The molecule has 2 aromatic heterocycles. The third-order valence-corrected chi connectivity index (χ3v) is 4.77. The highest BCUT2D eigenvalue weighted by atomic mass is 32.1. The number of amides is 1. The molecular formula is C19H20N4O3S. The summed E-state index contributed by atoms with van der Waals surface area (Å²) in [7, 11) is 0. The molecule has 0 unspecified atom stereocenters. The Bertz CT molecular complexity index is 891. The van der Waals surface area contributed by atoms with Gasteiger partial charge in [-0.25, -0.2) is 9.67 Å². The second kappa shape index (κ2) is 9.09. The van der Waals surface area contributed by atoms with Crippen molar-refractivity contribution in [3.05, 3.63) is 53.7 Å². The highest BCUT2D eigenvalue weighted by Gasteiger charge is 2.18. The van der Waals surface area contributed by atoms with Crippen molar-refractivity contribution in [1.82, 2.24) is 20.1 Å². The van der Waals surface area contributed by atoms with Crippen molar-refractivity contribution in [3.8, 4) is 16.4 Å². The zero-order valence-corrected chi connectivity index (χ0v) is 15.5. The van der Waals surface area contributed by atoms with E-state index in [1.54, 1.807) is 4.68 Å². The van der Waals surface area contributed by atoms with Crippen LogP contribution < -0.4 is 5.32 Å². The Morgan fingerprint density at radius 2 is 1.89 bits per heavy atom. The largest absolute Gasteiger partial charge is 0.481 e. The Hall–Kier alpha value is -3.00. The highest BCUT2D eigenvalue weighted by Crippen LogP contribution is 2.25. The minimum atomic E-state index is -0.796. The molecule has 0 saturated heterocycles. The lowest BCUT2D eigenvalue weighted by Crippen LogP contribution is -2.25. The zero-order chi connectivity index (χ0) is 19.1. The molecule has 2 heterocycles. The number of benzene rings is 1. The van der Waals surface area contributed by atoms with E-state index in [4.69, 9.17) is 5.11 Å². The van der Waals surface area contributed by atoms with Crippen molar-refractivity contribution < 1.29 is 14.7 Å². The number of para-hydroxylation sites is 1. The van der Waals surface area contributed by atoms with Gasteiger partial charge in [0.2, 0.25) is 5.82 Å². The first-order valence-corrected chi connectivity index (χ1v) is 9.59. The molecule has 140 valence electrons. The molecule has 0 aliphatic heterocycles. The highest BCUT2D eigenvalue weighted by molar-refractivity contribution is 7.13. The molecule has 0 atom stereocenters. The van der Waals surface area contributed by atoms with Gasteiger partial charge < -0.3 is 10.4 Å². The maximum Gasteiger partial charge on any atom is 0.303 e. The number of carboxylic acids is 1. The van der Waals surface area contributed by atoms with Crippen molar-refractivity contribution in [1.29, 1.82) is 0 Å². The van der Waals surface area contributed by atoms with E-state index < -0.39 is 5.97 Å². The molecule has 0 bridgehead atoms.